The SMILES string of the molecule is CCC[S+]([O-])c1nnc([N+]2([O-])CN(C)CC2OC(=O)C(C)Oc2ccccc2OCC)s1. The van der Waals surface area contributed by atoms with Crippen molar-refractivity contribution in [1.29, 1.82) is 0 Å². The average Bonchev–Trinajstić information content (AvgIpc) is 3.35. The number of likely N-dealkylation sites (N-methyl/N-ethyl adjacent to an activating group) is 1. The fraction of sp³-hybridized carbons (Fsp3) is 0.550. The Kier molecular flexibility index (Phi) is 8.31. The zero-order valence-corrected chi connectivity index (χ0v) is 20.2. The highest BCUT2D eigenvalue weighted by Gasteiger charge is 2.46. The Morgan fingerprint density at radius 2 is 2.06 bits per heavy atom. The van der Waals surface area contributed by atoms with Crippen LogP contribution in [0.25, 0.3) is 0 Å². The zero-order valence-electron chi connectivity index (χ0n) is 18.6. The van der Waals surface area contributed by atoms with Crippen LogP contribution in [-0.2, 0) is 20.7 Å². The van der Waals surface area contributed by atoms with Crippen LogP contribution in [0.15, 0.2) is 28.6 Å². The summed E-state index contributed by atoms with van der Waals surface area (Å²) in [7, 11) is 1.76. The van der Waals surface area contributed by atoms with Crippen LogP contribution in [0.4, 0.5) is 5.13 Å². The molecule has 32 heavy (non-hydrogen) atoms. The van der Waals surface area contributed by atoms with E-state index in [9.17, 15) is 14.6 Å². The summed E-state index contributed by atoms with van der Waals surface area (Å²) in [4.78, 5) is 14.5. The van der Waals surface area contributed by atoms with E-state index in [2.05, 4.69) is 10.2 Å². The van der Waals surface area contributed by atoms with Gasteiger partial charge in [-0.05, 0) is 39.4 Å². The zero-order chi connectivity index (χ0) is 23.3. The van der Waals surface area contributed by atoms with Crippen molar-refractivity contribution in [2.75, 3.05) is 32.6 Å². The van der Waals surface area contributed by atoms with Gasteiger partial charge < -0.3 is 24.0 Å². The number of esters is 1. The van der Waals surface area contributed by atoms with Gasteiger partial charge in [0.2, 0.25) is 0 Å². The first-order valence-corrected chi connectivity index (χ1v) is 12.5. The smallest absolute Gasteiger partial charge is 0.351 e. The molecular formula is C20H28N4O6S2. The van der Waals surface area contributed by atoms with Crippen LogP contribution in [0, 0.1) is 5.21 Å². The number of ether oxygens (including phenoxy) is 3. The summed E-state index contributed by atoms with van der Waals surface area (Å²) in [5.74, 6) is 0.710. The maximum Gasteiger partial charge on any atom is 0.351 e. The van der Waals surface area contributed by atoms with E-state index in [1.807, 2.05) is 19.9 Å². The monoisotopic (exact) mass is 484 g/mol. The van der Waals surface area contributed by atoms with E-state index >= 15 is 0 Å². The van der Waals surface area contributed by atoms with Gasteiger partial charge in [-0.3, -0.25) is 4.65 Å². The average molecular weight is 485 g/mol. The van der Waals surface area contributed by atoms with E-state index in [1.54, 1.807) is 37.1 Å². The molecule has 0 amide bonds. The number of para-hydroxylation sites is 2. The predicted molar refractivity (Wildman–Crippen MR) is 122 cm³/mol. The second kappa shape index (κ2) is 10.8. The van der Waals surface area contributed by atoms with Gasteiger partial charge in [-0.1, -0.05) is 29.3 Å². The molecule has 0 aliphatic carbocycles. The third kappa shape index (κ3) is 5.50. The molecule has 4 atom stereocenters. The van der Waals surface area contributed by atoms with Crippen molar-refractivity contribution in [3.8, 4) is 11.5 Å². The van der Waals surface area contributed by atoms with E-state index in [0.29, 0.717) is 28.2 Å². The molecular weight excluding hydrogens is 456 g/mol. The van der Waals surface area contributed by atoms with Gasteiger partial charge in [0.25, 0.3) is 6.23 Å². The normalized spacial score (nSPS) is 23.0. The standard InChI is InChI=1S/C20H28N4O6S2/c1-5-11-32(27)20-22-21-19(31-20)24(26)13-23(4)12-17(24)30-18(25)14(3)29-16-10-8-7-9-15(16)28-6-2/h7-10,14,17H,5-6,11-13H2,1-4H3. The van der Waals surface area contributed by atoms with Gasteiger partial charge in [-0.25, -0.2) is 9.69 Å². The van der Waals surface area contributed by atoms with Crippen LogP contribution in [0.5, 0.6) is 11.5 Å². The van der Waals surface area contributed by atoms with E-state index < -0.39 is 34.1 Å². The van der Waals surface area contributed by atoms with Gasteiger partial charge >= 0.3 is 15.4 Å². The molecule has 3 rings (SSSR count). The Morgan fingerprint density at radius 3 is 2.75 bits per heavy atom. The largest absolute Gasteiger partial charge is 0.622 e. The fourth-order valence-electron chi connectivity index (χ4n) is 3.22. The number of aromatic nitrogens is 2. The summed E-state index contributed by atoms with van der Waals surface area (Å²) in [6.07, 6.45) is -1.27. The Balaban J connectivity index is 1.72. The lowest BCUT2D eigenvalue weighted by atomic mass is 10.3. The topological polar surface area (TPSA) is 120 Å². The highest BCUT2D eigenvalue weighted by Crippen LogP contribution is 2.35. The fourth-order valence-corrected chi connectivity index (χ4v) is 5.39. The van der Waals surface area contributed by atoms with Crippen LogP contribution >= 0.6 is 11.3 Å². The first-order chi connectivity index (χ1) is 15.3. The highest BCUT2D eigenvalue weighted by atomic mass is 32.2. The number of benzene rings is 1. The molecule has 1 fully saturated rings. The molecule has 1 aromatic heterocycles. The molecule has 0 radical (unpaired) electrons. The molecule has 176 valence electrons. The minimum Gasteiger partial charge on any atom is -0.622 e. The lowest BCUT2D eigenvalue weighted by Gasteiger charge is -2.38. The number of nitrogens with zero attached hydrogens (tertiary/aromatic N) is 4. The summed E-state index contributed by atoms with van der Waals surface area (Å²) >= 11 is -0.303. The van der Waals surface area contributed by atoms with E-state index in [-0.39, 0.29) is 18.3 Å². The van der Waals surface area contributed by atoms with E-state index in [1.165, 1.54) is 0 Å². The van der Waals surface area contributed by atoms with Crippen molar-refractivity contribution in [1.82, 2.24) is 19.7 Å². The Labute approximate surface area is 194 Å². The Morgan fingerprint density at radius 1 is 1.34 bits per heavy atom. The molecule has 10 nitrogen and oxygen atoms in total. The first-order valence-electron chi connectivity index (χ1n) is 10.4. The quantitative estimate of drug-likeness (QED) is 0.217. The summed E-state index contributed by atoms with van der Waals surface area (Å²) in [6, 6.07) is 7.03. The summed E-state index contributed by atoms with van der Waals surface area (Å²) in [5, 5.41) is 21.7. The minimum absolute atomic E-state index is 0.0371. The molecule has 2 heterocycles. The van der Waals surface area contributed by atoms with E-state index in [0.717, 1.165) is 17.8 Å². The molecule has 1 aromatic carbocycles. The number of hydrogen-bond acceptors (Lipinski definition) is 10. The second-order valence-electron chi connectivity index (χ2n) is 7.41. The van der Waals surface area contributed by atoms with Crippen molar-refractivity contribution in [2.45, 2.75) is 43.9 Å². The summed E-state index contributed by atoms with van der Waals surface area (Å²) < 4.78 is 28.4. The van der Waals surface area contributed by atoms with Gasteiger partial charge in [-0.2, -0.15) is 0 Å². The van der Waals surface area contributed by atoms with Crippen molar-refractivity contribution in [3.05, 3.63) is 29.5 Å². The van der Waals surface area contributed by atoms with Gasteiger partial charge in [-0.15, -0.1) is 0 Å². The molecule has 1 saturated heterocycles. The number of quaternary nitrogens is 1. The molecule has 12 heteroatoms. The van der Waals surface area contributed by atoms with Crippen LogP contribution in [-0.4, -0.2) is 70.6 Å². The molecule has 0 spiro atoms. The third-order valence-corrected chi connectivity index (χ3v) is 7.61. The van der Waals surface area contributed by atoms with Crippen molar-refractivity contribution >= 4 is 33.6 Å². The van der Waals surface area contributed by atoms with Crippen molar-refractivity contribution in [3.63, 3.8) is 0 Å². The molecule has 1 aliphatic rings. The number of hydrogen-bond donors (Lipinski definition) is 0. The number of carbonyl (C=O) groups excluding carboxylic acids is 1. The van der Waals surface area contributed by atoms with Crippen LogP contribution < -0.4 is 14.1 Å². The van der Waals surface area contributed by atoms with Crippen LogP contribution in [0.1, 0.15) is 27.2 Å². The van der Waals surface area contributed by atoms with E-state index in [4.69, 9.17) is 14.2 Å². The summed E-state index contributed by atoms with van der Waals surface area (Å²) in [6.45, 7) is 6.05. The maximum atomic E-state index is 13.7. The third-order valence-electron chi connectivity index (χ3n) is 4.73. The molecule has 0 saturated carbocycles. The van der Waals surface area contributed by atoms with Crippen molar-refractivity contribution < 1.29 is 23.6 Å². The summed E-state index contributed by atoms with van der Waals surface area (Å²) in [5.41, 5.74) is 0. The van der Waals surface area contributed by atoms with Crippen LogP contribution in [0.2, 0.25) is 0 Å². The van der Waals surface area contributed by atoms with Gasteiger partial charge in [0.1, 0.15) is 12.4 Å². The van der Waals surface area contributed by atoms with Crippen molar-refractivity contribution in [2.24, 2.45) is 0 Å². The number of rotatable bonds is 10. The molecule has 0 N–H and O–H groups in total. The lowest BCUT2D eigenvalue weighted by Crippen LogP contribution is -2.51. The molecule has 1 aliphatic heterocycles. The lowest BCUT2D eigenvalue weighted by molar-refractivity contribution is -0.161. The highest BCUT2D eigenvalue weighted by molar-refractivity contribution is 7.93. The first kappa shape index (κ1) is 24.7. The predicted octanol–water partition coefficient (Wildman–Crippen LogP) is 2.50. The Bertz CT molecular complexity index is 916. The van der Waals surface area contributed by atoms with Gasteiger partial charge in [0, 0.05) is 22.5 Å². The minimum atomic E-state index is -1.30. The maximum absolute atomic E-state index is 13.7. The number of hydroxylamine groups is 2. The molecule has 4 unspecified atom stereocenters. The van der Waals surface area contributed by atoms with Gasteiger partial charge in [0.15, 0.2) is 17.6 Å². The Hall–Kier alpha value is -1.96. The molecule has 0 bridgehead atoms. The van der Waals surface area contributed by atoms with Crippen LogP contribution in [0.3, 0.4) is 0 Å². The molecule has 2 aromatic rings. The van der Waals surface area contributed by atoms with Gasteiger partial charge in [0.05, 0.1) is 13.2 Å². The number of carbonyl (C=O) groups is 1. The second-order valence-corrected chi connectivity index (χ2v) is 10.1.